The first-order chi connectivity index (χ1) is 13.1. The van der Waals surface area contributed by atoms with E-state index in [0.717, 1.165) is 51.9 Å². The van der Waals surface area contributed by atoms with E-state index in [1.807, 2.05) is 4.90 Å². The standard InChI is InChI=1S/C22H36N4O/c1-3-10-23-22(27)26-11-8-20(9-12-26)17-19-4-6-21(7-5-19)18-25-15-13-24(2)14-16-25/h4-7,20H,3,8-18H2,1-2H3,(H,23,27). The maximum Gasteiger partial charge on any atom is 0.317 e. The number of carbonyl (C=O) groups is 1. The fraction of sp³-hybridized carbons (Fsp3) is 0.682. The second kappa shape index (κ2) is 10.1. The van der Waals surface area contributed by atoms with Crippen molar-refractivity contribution in [3.05, 3.63) is 35.4 Å². The first-order valence-electron chi connectivity index (χ1n) is 10.7. The van der Waals surface area contributed by atoms with Crippen LogP contribution in [0.15, 0.2) is 24.3 Å². The molecule has 2 heterocycles. The summed E-state index contributed by atoms with van der Waals surface area (Å²) in [5.74, 6) is 0.698. The molecule has 1 aromatic carbocycles. The summed E-state index contributed by atoms with van der Waals surface area (Å²) in [6, 6.07) is 9.35. The van der Waals surface area contributed by atoms with E-state index >= 15 is 0 Å². The number of likely N-dealkylation sites (N-methyl/N-ethyl adjacent to an activating group) is 1. The van der Waals surface area contributed by atoms with E-state index in [1.165, 1.54) is 37.3 Å². The molecule has 2 fully saturated rings. The minimum absolute atomic E-state index is 0.114. The molecular weight excluding hydrogens is 336 g/mol. The minimum atomic E-state index is 0.114. The van der Waals surface area contributed by atoms with Crippen LogP contribution >= 0.6 is 0 Å². The Hall–Kier alpha value is -1.59. The Morgan fingerprint density at radius 1 is 1.00 bits per heavy atom. The van der Waals surface area contributed by atoms with E-state index in [-0.39, 0.29) is 6.03 Å². The van der Waals surface area contributed by atoms with Crippen molar-refractivity contribution in [2.75, 3.05) is 52.9 Å². The predicted octanol–water partition coefficient (Wildman–Crippen LogP) is 2.81. The van der Waals surface area contributed by atoms with Crippen LogP contribution in [0.2, 0.25) is 0 Å². The molecule has 0 aliphatic carbocycles. The third-order valence-corrected chi connectivity index (χ3v) is 5.98. The van der Waals surface area contributed by atoms with Crippen molar-refractivity contribution in [1.29, 1.82) is 0 Å². The van der Waals surface area contributed by atoms with Crippen molar-refractivity contribution < 1.29 is 4.79 Å². The lowest BCUT2D eigenvalue weighted by atomic mass is 9.90. The lowest BCUT2D eigenvalue weighted by molar-refractivity contribution is 0.148. The summed E-state index contributed by atoms with van der Waals surface area (Å²) in [6.07, 6.45) is 4.36. The van der Waals surface area contributed by atoms with Crippen LogP contribution in [0.3, 0.4) is 0 Å². The Morgan fingerprint density at radius 3 is 2.26 bits per heavy atom. The van der Waals surface area contributed by atoms with Crippen LogP contribution in [-0.2, 0) is 13.0 Å². The Labute approximate surface area is 164 Å². The average Bonchev–Trinajstić information content (AvgIpc) is 2.70. The monoisotopic (exact) mass is 372 g/mol. The van der Waals surface area contributed by atoms with Crippen molar-refractivity contribution in [2.45, 2.75) is 39.2 Å². The van der Waals surface area contributed by atoms with E-state index in [4.69, 9.17) is 0 Å². The fourth-order valence-electron chi connectivity index (χ4n) is 4.06. The molecule has 5 nitrogen and oxygen atoms in total. The van der Waals surface area contributed by atoms with Gasteiger partial charge < -0.3 is 15.1 Å². The summed E-state index contributed by atoms with van der Waals surface area (Å²) in [5, 5.41) is 2.99. The van der Waals surface area contributed by atoms with Gasteiger partial charge >= 0.3 is 6.03 Å². The number of benzene rings is 1. The average molecular weight is 373 g/mol. The predicted molar refractivity (Wildman–Crippen MR) is 111 cm³/mol. The van der Waals surface area contributed by atoms with Crippen molar-refractivity contribution in [3.8, 4) is 0 Å². The molecule has 5 heteroatoms. The maximum absolute atomic E-state index is 12.0. The highest BCUT2D eigenvalue weighted by Gasteiger charge is 2.22. The van der Waals surface area contributed by atoms with Crippen molar-refractivity contribution in [2.24, 2.45) is 5.92 Å². The van der Waals surface area contributed by atoms with Crippen LogP contribution in [0.1, 0.15) is 37.3 Å². The van der Waals surface area contributed by atoms with E-state index < -0.39 is 0 Å². The van der Waals surface area contributed by atoms with Gasteiger partial charge in [-0.25, -0.2) is 4.79 Å². The molecule has 27 heavy (non-hydrogen) atoms. The van der Waals surface area contributed by atoms with Gasteiger partial charge in [-0.1, -0.05) is 31.2 Å². The number of nitrogens with one attached hydrogen (secondary N) is 1. The van der Waals surface area contributed by atoms with Gasteiger partial charge in [-0.3, -0.25) is 4.90 Å². The van der Waals surface area contributed by atoms with Crippen molar-refractivity contribution in [1.82, 2.24) is 20.0 Å². The number of hydrogen-bond acceptors (Lipinski definition) is 3. The summed E-state index contributed by atoms with van der Waals surface area (Å²) < 4.78 is 0. The number of rotatable bonds is 6. The summed E-state index contributed by atoms with van der Waals surface area (Å²) in [6.45, 7) is 10.4. The quantitative estimate of drug-likeness (QED) is 0.835. The van der Waals surface area contributed by atoms with Gasteiger partial charge in [0.05, 0.1) is 0 Å². The molecule has 0 radical (unpaired) electrons. The molecule has 150 valence electrons. The van der Waals surface area contributed by atoms with E-state index in [9.17, 15) is 4.79 Å². The van der Waals surface area contributed by atoms with Gasteiger partial charge in [-0.2, -0.15) is 0 Å². The first-order valence-corrected chi connectivity index (χ1v) is 10.7. The van der Waals surface area contributed by atoms with Gasteiger partial charge in [0.25, 0.3) is 0 Å². The number of urea groups is 1. The highest BCUT2D eigenvalue weighted by atomic mass is 16.2. The van der Waals surface area contributed by atoms with Crippen LogP contribution in [0, 0.1) is 5.92 Å². The highest BCUT2D eigenvalue weighted by molar-refractivity contribution is 5.74. The molecule has 2 amide bonds. The lowest BCUT2D eigenvalue weighted by Crippen LogP contribution is -2.44. The number of carbonyl (C=O) groups excluding carboxylic acids is 1. The summed E-state index contributed by atoms with van der Waals surface area (Å²) in [4.78, 5) is 19.0. The van der Waals surface area contributed by atoms with E-state index in [1.54, 1.807) is 0 Å². The molecule has 0 saturated carbocycles. The molecule has 3 rings (SSSR count). The molecule has 1 aromatic rings. The van der Waals surface area contributed by atoms with Crippen LogP contribution in [0.25, 0.3) is 0 Å². The minimum Gasteiger partial charge on any atom is -0.338 e. The number of nitrogens with zero attached hydrogens (tertiary/aromatic N) is 3. The zero-order chi connectivity index (χ0) is 19.1. The second-order valence-electron chi connectivity index (χ2n) is 8.26. The largest absolute Gasteiger partial charge is 0.338 e. The van der Waals surface area contributed by atoms with Gasteiger partial charge in [0, 0.05) is 52.4 Å². The number of hydrogen-bond donors (Lipinski definition) is 1. The molecular formula is C22H36N4O. The Bertz CT molecular complexity index is 572. The number of likely N-dealkylation sites (tertiary alicyclic amines) is 1. The summed E-state index contributed by atoms with van der Waals surface area (Å²) in [7, 11) is 2.20. The van der Waals surface area contributed by atoms with Gasteiger partial charge in [-0.05, 0) is 49.8 Å². The zero-order valence-corrected chi connectivity index (χ0v) is 17.1. The molecule has 0 spiro atoms. The molecule has 0 atom stereocenters. The SMILES string of the molecule is CCCNC(=O)N1CCC(Cc2ccc(CN3CCN(C)CC3)cc2)CC1. The third kappa shape index (κ3) is 6.22. The molecule has 1 N–H and O–H groups in total. The molecule has 2 aliphatic heterocycles. The molecule has 2 saturated heterocycles. The van der Waals surface area contributed by atoms with Crippen molar-refractivity contribution >= 4 is 6.03 Å². The fourth-order valence-corrected chi connectivity index (χ4v) is 4.06. The van der Waals surface area contributed by atoms with E-state index in [2.05, 4.69) is 53.4 Å². The van der Waals surface area contributed by atoms with E-state index in [0.29, 0.717) is 5.92 Å². The van der Waals surface area contributed by atoms with Crippen molar-refractivity contribution in [3.63, 3.8) is 0 Å². The first kappa shape index (κ1) is 20.2. The number of piperidine rings is 1. The molecule has 2 aliphatic rings. The molecule has 0 aromatic heterocycles. The summed E-state index contributed by atoms with van der Waals surface area (Å²) in [5.41, 5.74) is 2.86. The summed E-state index contributed by atoms with van der Waals surface area (Å²) >= 11 is 0. The van der Waals surface area contributed by atoms with Crippen LogP contribution in [0.5, 0.6) is 0 Å². The number of amides is 2. The number of piperazine rings is 1. The molecule has 0 bridgehead atoms. The highest BCUT2D eigenvalue weighted by Crippen LogP contribution is 2.22. The Balaban J connectivity index is 1.41. The third-order valence-electron chi connectivity index (χ3n) is 5.98. The zero-order valence-electron chi connectivity index (χ0n) is 17.1. The van der Waals surface area contributed by atoms with Gasteiger partial charge in [0.15, 0.2) is 0 Å². The normalized spacial score (nSPS) is 20.0. The topological polar surface area (TPSA) is 38.8 Å². The second-order valence-corrected chi connectivity index (χ2v) is 8.26. The van der Waals surface area contributed by atoms with Gasteiger partial charge in [0.2, 0.25) is 0 Å². The molecule has 0 unspecified atom stereocenters. The van der Waals surface area contributed by atoms with Crippen LogP contribution in [-0.4, -0.2) is 73.6 Å². The van der Waals surface area contributed by atoms with Gasteiger partial charge in [0.1, 0.15) is 0 Å². The Morgan fingerprint density at radius 2 is 1.63 bits per heavy atom. The lowest BCUT2D eigenvalue weighted by Gasteiger charge is -2.32. The van der Waals surface area contributed by atoms with Crippen LogP contribution in [0.4, 0.5) is 4.79 Å². The Kier molecular flexibility index (Phi) is 7.53. The van der Waals surface area contributed by atoms with Gasteiger partial charge in [-0.15, -0.1) is 0 Å². The maximum atomic E-state index is 12.0. The smallest absolute Gasteiger partial charge is 0.317 e. The van der Waals surface area contributed by atoms with Crippen LogP contribution < -0.4 is 5.32 Å².